The largest absolute Gasteiger partial charge is 0.490 e. The average Bonchev–Trinajstić information content (AvgIpc) is 2.48. The SMILES string of the molecule is Cc1ccc(C)c(OCCOc2ccc(Cl)cc2CN)c1. The van der Waals surface area contributed by atoms with Crippen LogP contribution in [0.5, 0.6) is 11.5 Å². The van der Waals surface area contributed by atoms with Gasteiger partial charge in [-0.2, -0.15) is 0 Å². The van der Waals surface area contributed by atoms with Crippen molar-refractivity contribution in [1.82, 2.24) is 0 Å². The van der Waals surface area contributed by atoms with Gasteiger partial charge in [-0.05, 0) is 49.2 Å². The zero-order valence-corrected chi connectivity index (χ0v) is 13.1. The van der Waals surface area contributed by atoms with Crippen LogP contribution in [0.1, 0.15) is 16.7 Å². The summed E-state index contributed by atoms with van der Waals surface area (Å²) in [5.74, 6) is 1.65. The summed E-state index contributed by atoms with van der Waals surface area (Å²) >= 11 is 5.93. The van der Waals surface area contributed by atoms with Crippen molar-refractivity contribution in [1.29, 1.82) is 0 Å². The van der Waals surface area contributed by atoms with Gasteiger partial charge >= 0.3 is 0 Å². The van der Waals surface area contributed by atoms with Crippen LogP contribution in [-0.2, 0) is 6.54 Å². The van der Waals surface area contributed by atoms with Gasteiger partial charge in [0.25, 0.3) is 0 Å². The third kappa shape index (κ3) is 4.38. The van der Waals surface area contributed by atoms with Crippen LogP contribution in [0.2, 0.25) is 5.02 Å². The van der Waals surface area contributed by atoms with E-state index in [-0.39, 0.29) is 0 Å². The fourth-order valence-corrected chi connectivity index (χ4v) is 2.21. The number of aryl methyl sites for hydroxylation is 2. The Hall–Kier alpha value is -1.71. The van der Waals surface area contributed by atoms with Crippen LogP contribution in [-0.4, -0.2) is 13.2 Å². The molecule has 21 heavy (non-hydrogen) atoms. The number of rotatable bonds is 6. The van der Waals surface area contributed by atoms with E-state index in [4.69, 9.17) is 26.8 Å². The van der Waals surface area contributed by atoms with Gasteiger partial charge in [0.1, 0.15) is 24.7 Å². The zero-order chi connectivity index (χ0) is 15.2. The second-order valence-electron chi connectivity index (χ2n) is 4.92. The number of nitrogens with two attached hydrogens (primary N) is 1. The molecule has 0 heterocycles. The lowest BCUT2D eigenvalue weighted by atomic mass is 10.1. The minimum Gasteiger partial charge on any atom is -0.490 e. The van der Waals surface area contributed by atoms with Gasteiger partial charge in [0.2, 0.25) is 0 Å². The molecule has 0 spiro atoms. The summed E-state index contributed by atoms with van der Waals surface area (Å²) in [4.78, 5) is 0. The van der Waals surface area contributed by atoms with Gasteiger partial charge in [-0.15, -0.1) is 0 Å². The van der Waals surface area contributed by atoms with Crippen LogP contribution < -0.4 is 15.2 Å². The van der Waals surface area contributed by atoms with Crippen LogP contribution in [0.15, 0.2) is 36.4 Å². The molecule has 2 aromatic carbocycles. The molecule has 112 valence electrons. The Morgan fingerprint density at radius 2 is 1.67 bits per heavy atom. The minimum absolute atomic E-state index is 0.397. The van der Waals surface area contributed by atoms with Crippen molar-refractivity contribution in [2.45, 2.75) is 20.4 Å². The third-order valence-electron chi connectivity index (χ3n) is 3.18. The van der Waals surface area contributed by atoms with E-state index in [0.717, 1.165) is 22.6 Å². The van der Waals surface area contributed by atoms with E-state index < -0.39 is 0 Å². The van der Waals surface area contributed by atoms with Gasteiger partial charge < -0.3 is 15.2 Å². The van der Waals surface area contributed by atoms with E-state index in [0.29, 0.717) is 24.8 Å². The Kier molecular flexibility index (Phi) is 5.48. The van der Waals surface area contributed by atoms with E-state index in [2.05, 4.69) is 12.1 Å². The molecule has 0 bridgehead atoms. The van der Waals surface area contributed by atoms with Crippen molar-refractivity contribution in [3.8, 4) is 11.5 Å². The summed E-state index contributed by atoms with van der Waals surface area (Å²) in [6.45, 7) is 5.41. The first-order chi connectivity index (χ1) is 10.1. The predicted octanol–water partition coefficient (Wildman–Crippen LogP) is 3.87. The van der Waals surface area contributed by atoms with Crippen LogP contribution >= 0.6 is 11.6 Å². The number of ether oxygens (including phenoxy) is 2. The molecule has 0 aliphatic carbocycles. The van der Waals surface area contributed by atoms with Crippen LogP contribution in [0, 0.1) is 13.8 Å². The summed E-state index contributed by atoms with van der Waals surface area (Å²) in [6.07, 6.45) is 0. The van der Waals surface area contributed by atoms with Crippen molar-refractivity contribution in [3.63, 3.8) is 0 Å². The fraction of sp³-hybridized carbons (Fsp3) is 0.294. The third-order valence-corrected chi connectivity index (χ3v) is 3.42. The zero-order valence-electron chi connectivity index (χ0n) is 12.4. The molecule has 0 aliphatic heterocycles. The first-order valence-electron chi connectivity index (χ1n) is 6.91. The predicted molar refractivity (Wildman–Crippen MR) is 86.2 cm³/mol. The monoisotopic (exact) mass is 305 g/mol. The van der Waals surface area contributed by atoms with Crippen molar-refractivity contribution < 1.29 is 9.47 Å². The standard InChI is InChI=1S/C17H20ClNO2/c1-12-3-4-13(2)17(9-12)21-8-7-20-16-6-5-15(18)10-14(16)11-19/h3-6,9-10H,7-8,11,19H2,1-2H3. The van der Waals surface area contributed by atoms with Gasteiger partial charge in [-0.3, -0.25) is 0 Å². The summed E-state index contributed by atoms with van der Waals surface area (Å²) in [6, 6.07) is 11.6. The van der Waals surface area contributed by atoms with Crippen molar-refractivity contribution >= 4 is 11.6 Å². The molecule has 0 atom stereocenters. The quantitative estimate of drug-likeness (QED) is 0.824. The summed E-state index contributed by atoms with van der Waals surface area (Å²) in [7, 11) is 0. The summed E-state index contributed by atoms with van der Waals surface area (Å²) in [5.41, 5.74) is 8.88. The molecular formula is C17H20ClNO2. The molecule has 0 saturated carbocycles. The van der Waals surface area contributed by atoms with E-state index in [1.54, 1.807) is 6.07 Å². The second-order valence-corrected chi connectivity index (χ2v) is 5.36. The van der Waals surface area contributed by atoms with Gasteiger partial charge in [-0.1, -0.05) is 23.7 Å². The first kappa shape index (κ1) is 15.7. The molecule has 0 aliphatic rings. The highest BCUT2D eigenvalue weighted by atomic mass is 35.5. The van der Waals surface area contributed by atoms with E-state index >= 15 is 0 Å². The van der Waals surface area contributed by atoms with E-state index in [9.17, 15) is 0 Å². The number of hydrogen-bond acceptors (Lipinski definition) is 3. The minimum atomic E-state index is 0.397. The Balaban J connectivity index is 1.89. The van der Waals surface area contributed by atoms with Crippen LogP contribution in [0.25, 0.3) is 0 Å². The first-order valence-corrected chi connectivity index (χ1v) is 7.29. The van der Waals surface area contributed by atoms with Crippen molar-refractivity contribution in [2.75, 3.05) is 13.2 Å². The molecule has 0 aromatic heterocycles. The molecule has 4 heteroatoms. The maximum absolute atomic E-state index is 5.93. The van der Waals surface area contributed by atoms with E-state index in [1.807, 2.05) is 32.0 Å². The number of benzene rings is 2. The molecule has 2 rings (SSSR count). The molecule has 0 saturated heterocycles. The lowest BCUT2D eigenvalue weighted by Crippen LogP contribution is -2.11. The van der Waals surface area contributed by atoms with Crippen molar-refractivity contribution in [3.05, 3.63) is 58.1 Å². The van der Waals surface area contributed by atoms with Crippen molar-refractivity contribution in [2.24, 2.45) is 5.73 Å². The van der Waals surface area contributed by atoms with Crippen LogP contribution in [0.4, 0.5) is 0 Å². The number of hydrogen-bond donors (Lipinski definition) is 1. The van der Waals surface area contributed by atoms with Gasteiger partial charge in [0, 0.05) is 17.1 Å². The van der Waals surface area contributed by atoms with Gasteiger partial charge in [0.15, 0.2) is 0 Å². The smallest absolute Gasteiger partial charge is 0.124 e. The topological polar surface area (TPSA) is 44.5 Å². The second kappa shape index (κ2) is 7.34. The molecule has 0 unspecified atom stereocenters. The Morgan fingerprint density at radius 1 is 0.952 bits per heavy atom. The molecule has 2 aromatic rings. The molecular weight excluding hydrogens is 286 g/mol. The molecule has 0 radical (unpaired) electrons. The average molecular weight is 306 g/mol. The fourth-order valence-electron chi connectivity index (χ4n) is 2.01. The highest BCUT2D eigenvalue weighted by molar-refractivity contribution is 6.30. The normalized spacial score (nSPS) is 10.5. The highest BCUT2D eigenvalue weighted by Gasteiger charge is 2.04. The summed E-state index contributed by atoms with van der Waals surface area (Å²) in [5, 5.41) is 0.662. The Labute approximate surface area is 130 Å². The van der Waals surface area contributed by atoms with E-state index in [1.165, 1.54) is 5.56 Å². The van der Waals surface area contributed by atoms with Crippen LogP contribution in [0.3, 0.4) is 0 Å². The molecule has 2 N–H and O–H groups in total. The number of halogens is 1. The highest BCUT2D eigenvalue weighted by Crippen LogP contribution is 2.23. The van der Waals surface area contributed by atoms with Gasteiger partial charge in [0.05, 0.1) is 0 Å². The molecule has 3 nitrogen and oxygen atoms in total. The lowest BCUT2D eigenvalue weighted by Gasteiger charge is -2.13. The Morgan fingerprint density at radius 3 is 2.38 bits per heavy atom. The maximum Gasteiger partial charge on any atom is 0.124 e. The summed E-state index contributed by atoms with van der Waals surface area (Å²) < 4.78 is 11.5. The Bertz CT molecular complexity index is 614. The van der Waals surface area contributed by atoms with Gasteiger partial charge in [-0.25, -0.2) is 0 Å². The maximum atomic E-state index is 5.93. The lowest BCUT2D eigenvalue weighted by molar-refractivity contribution is 0.215. The molecule has 0 amide bonds. The molecule has 0 fully saturated rings.